The Labute approximate surface area is 115 Å². The molecule has 2 bridgehead atoms. The van der Waals surface area contributed by atoms with E-state index in [1.54, 1.807) is 0 Å². The second-order valence-corrected chi connectivity index (χ2v) is 6.28. The quantitative estimate of drug-likeness (QED) is 0.779. The molecule has 106 valence electrons. The van der Waals surface area contributed by atoms with Crippen LogP contribution in [0.1, 0.15) is 51.9 Å². The third-order valence-corrected chi connectivity index (χ3v) is 5.15. The number of hydrogen-bond donors (Lipinski definition) is 0. The fourth-order valence-electron chi connectivity index (χ4n) is 4.05. The zero-order chi connectivity index (χ0) is 13.4. The van der Waals surface area contributed by atoms with E-state index in [2.05, 4.69) is 4.90 Å². The Hall–Kier alpha value is -1.06. The fraction of sp³-hybridized carbons (Fsp3) is 0.867. The number of likely N-dealkylation sites (tertiary alicyclic amines) is 1. The van der Waals surface area contributed by atoms with Gasteiger partial charge in [-0.25, -0.2) is 0 Å². The molecule has 0 N–H and O–H groups in total. The molecule has 4 nitrogen and oxygen atoms in total. The molecule has 0 radical (unpaired) electrons. The maximum absolute atomic E-state index is 12.8. The second kappa shape index (κ2) is 5.14. The summed E-state index contributed by atoms with van der Waals surface area (Å²) in [6.45, 7) is 3.73. The highest BCUT2D eigenvalue weighted by Gasteiger charge is 2.41. The molecule has 2 amide bonds. The maximum atomic E-state index is 12.8. The number of nitrogens with zero attached hydrogens (tertiary/aromatic N) is 2. The number of hydrogen-bond acceptors (Lipinski definition) is 2. The van der Waals surface area contributed by atoms with E-state index >= 15 is 0 Å². The normalized spacial score (nSPS) is 31.9. The van der Waals surface area contributed by atoms with Gasteiger partial charge in [-0.1, -0.05) is 6.92 Å². The smallest absolute Gasteiger partial charge is 0.245 e. The molecule has 0 aromatic heterocycles. The van der Waals surface area contributed by atoms with E-state index in [4.69, 9.17) is 0 Å². The molecule has 19 heavy (non-hydrogen) atoms. The molecular weight excluding hydrogens is 240 g/mol. The van der Waals surface area contributed by atoms with Crippen molar-refractivity contribution >= 4 is 11.8 Å². The first-order valence-corrected chi connectivity index (χ1v) is 7.80. The van der Waals surface area contributed by atoms with Crippen LogP contribution in [-0.2, 0) is 9.59 Å². The molecule has 4 aliphatic rings. The van der Waals surface area contributed by atoms with Crippen LogP contribution in [0.15, 0.2) is 0 Å². The van der Waals surface area contributed by atoms with E-state index < -0.39 is 0 Å². The summed E-state index contributed by atoms with van der Waals surface area (Å²) in [4.78, 5) is 28.6. The average molecular weight is 264 g/mol. The van der Waals surface area contributed by atoms with Gasteiger partial charge in [-0.15, -0.1) is 0 Å². The van der Waals surface area contributed by atoms with Crippen LogP contribution in [0.5, 0.6) is 0 Å². The number of carbonyl (C=O) groups excluding carboxylic acids is 2. The minimum Gasteiger partial charge on any atom is -0.338 e. The molecule has 0 aromatic carbocycles. The second-order valence-electron chi connectivity index (χ2n) is 6.28. The SMILES string of the molecule is CCC(C(=O)N1CC2CCC1CC2)N1CCCC1=O. The first-order valence-electron chi connectivity index (χ1n) is 7.80. The molecule has 4 heteroatoms. The lowest BCUT2D eigenvalue weighted by atomic mass is 9.79. The van der Waals surface area contributed by atoms with E-state index in [1.165, 1.54) is 25.7 Å². The fourth-order valence-corrected chi connectivity index (χ4v) is 4.05. The largest absolute Gasteiger partial charge is 0.338 e. The molecule has 1 unspecified atom stereocenters. The van der Waals surface area contributed by atoms with Gasteiger partial charge in [0.15, 0.2) is 0 Å². The molecule has 4 rings (SSSR count). The minimum atomic E-state index is -0.200. The van der Waals surface area contributed by atoms with E-state index in [1.807, 2.05) is 11.8 Å². The number of rotatable bonds is 3. The van der Waals surface area contributed by atoms with Crippen molar-refractivity contribution < 1.29 is 9.59 Å². The Morgan fingerprint density at radius 1 is 1.32 bits per heavy atom. The van der Waals surface area contributed by atoms with Crippen molar-refractivity contribution in [3.05, 3.63) is 0 Å². The highest BCUT2D eigenvalue weighted by molar-refractivity contribution is 5.88. The van der Waals surface area contributed by atoms with E-state index in [-0.39, 0.29) is 17.9 Å². The third-order valence-electron chi connectivity index (χ3n) is 5.15. The summed E-state index contributed by atoms with van der Waals surface area (Å²) in [6, 6.07) is 0.249. The number of carbonyl (C=O) groups is 2. The van der Waals surface area contributed by atoms with E-state index in [9.17, 15) is 9.59 Å². The van der Waals surface area contributed by atoms with E-state index in [0.717, 1.165) is 25.9 Å². The van der Waals surface area contributed by atoms with Gasteiger partial charge in [0.1, 0.15) is 6.04 Å². The predicted octanol–water partition coefficient (Wildman–Crippen LogP) is 1.79. The van der Waals surface area contributed by atoms with Gasteiger partial charge in [0.05, 0.1) is 0 Å². The molecule has 1 saturated carbocycles. The molecule has 3 saturated heterocycles. The summed E-state index contributed by atoms with van der Waals surface area (Å²) in [5.41, 5.74) is 0. The summed E-state index contributed by atoms with van der Waals surface area (Å²) >= 11 is 0. The van der Waals surface area contributed by atoms with Crippen LogP contribution < -0.4 is 0 Å². The summed E-state index contributed by atoms with van der Waals surface area (Å²) in [7, 11) is 0. The van der Waals surface area contributed by atoms with Gasteiger partial charge in [0.25, 0.3) is 0 Å². The lowest BCUT2D eigenvalue weighted by molar-refractivity contribution is -0.149. The van der Waals surface area contributed by atoms with Gasteiger partial charge in [-0.2, -0.15) is 0 Å². The Kier molecular flexibility index (Phi) is 3.50. The van der Waals surface area contributed by atoms with Gasteiger partial charge in [0, 0.05) is 25.6 Å². The van der Waals surface area contributed by atoms with Crippen molar-refractivity contribution in [2.45, 2.75) is 64.0 Å². The monoisotopic (exact) mass is 264 g/mol. The van der Waals surface area contributed by atoms with Crippen LogP contribution >= 0.6 is 0 Å². The first kappa shape index (κ1) is 12.9. The Morgan fingerprint density at radius 3 is 2.53 bits per heavy atom. The Morgan fingerprint density at radius 2 is 2.05 bits per heavy atom. The molecule has 1 aliphatic carbocycles. The van der Waals surface area contributed by atoms with Crippen LogP contribution in [0.3, 0.4) is 0 Å². The van der Waals surface area contributed by atoms with Crippen molar-refractivity contribution in [1.82, 2.24) is 9.80 Å². The van der Waals surface area contributed by atoms with Crippen LogP contribution in [0.4, 0.5) is 0 Å². The van der Waals surface area contributed by atoms with E-state index in [0.29, 0.717) is 18.4 Å². The van der Waals surface area contributed by atoms with Crippen LogP contribution in [0.25, 0.3) is 0 Å². The zero-order valence-corrected chi connectivity index (χ0v) is 11.8. The van der Waals surface area contributed by atoms with Crippen molar-refractivity contribution in [3.8, 4) is 0 Å². The van der Waals surface area contributed by atoms with Crippen LogP contribution in [-0.4, -0.2) is 46.8 Å². The molecule has 1 atom stereocenters. The highest BCUT2D eigenvalue weighted by Crippen LogP contribution is 2.35. The molecule has 3 heterocycles. The number of piperidine rings is 2. The number of fused-ring (bicyclic) bond motifs is 3. The topological polar surface area (TPSA) is 40.6 Å². The summed E-state index contributed by atoms with van der Waals surface area (Å²) in [6.07, 6.45) is 7.19. The van der Waals surface area contributed by atoms with Crippen LogP contribution in [0.2, 0.25) is 0 Å². The maximum Gasteiger partial charge on any atom is 0.245 e. The Balaban J connectivity index is 1.72. The first-order chi connectivity index (χ1) is 9.20. The predicted molar refractivity (Wildman–Crippen MR) is 72.5 cm³/mol. The van der Waals surface area contributed by atoms with Gasteiger partial charge in [0.2, 0.25) is 11.8 Å². The van der Waals surface area contributed by atoms with Crippen LogP contribution in [0, 0.1) is 5.92 Å². The lowest BCUT2D eigenvalue weighted by Crippen LogP contribution is -2.57. The van der Waals surface area contributed by atoms with Gasteiger partial charge in [-0.3, -0.25) is 9.59 Å². The average Bonchev–Trinajstić information content (AvgIpc) is 2.87. The Bertz CT molecular complexity index is 374. The van der Waals surface area contributed by atoms with Crippen molar-refractivity contribution in [1.29, 1.82) is 0 Å². The van der Waals surface area contributed by atoms with Gasteiger partial charge in [-0.05, 0) is 44.4 Å². The molecule has 0 spiro atoms. The molecule has 3 aliphatic heterocycles. The summed E-state index contributed by atoms with van der Waals surface area (Å²) in [5, 5.41) is 0. The highest BCUT2D eigenvalue weighted by atomic mass is 16.2. The lowest BCUT2D eigenvalue weighted by Gasteiger charge is -2.47. The number of amides is 2. The summed E-state index contributed by atoms with van der Waals surface area (Å²) < 4.78 is 0. The standard InChI is InChI=1S/C15H24N2O2/c1-2-13(16-9-3-4-14(16)18)15(19)17-10-11-5-7-12(17)8-6-11/h11-13H,2-10H2,1H3. The summed E-state index contributed by atoms with van der Waals surface area (Å²) in [5.74, 6) is 1.09. The molecule has 4 fully saturated rings. The van der Waals surface area contributed by atoms with Crippen molar-refractivity contribution in [3.63, 3.8) is 0 Å². The van der Waals surface area contributed by atoms with Gasteiger partial charge >= 0.3 is 0 Å². The van der Waals surface area contributed by atoms with Crippen molar-refractivity contribution in [2.24, 2.45) is 5.92 Å². The zero-order valence-electron chi connectivity index (χ0n) is 11.8. The van der Waals surface area contributed by atoms with Crippen molar-refractivity contribution in [2.75, 3.05) is 13.1 Å². The molecule has 0 aromatic rings. The molecular formula is C15H24N2O2. The third kappa shape index (κ3) is 2.26. The minimum absolute atomic E-state index is 0.169. The van der Waals surface area contributed by atoms with Gasteiger partial charge < -0.3 is 9.80 Å².